The third-order valence-corrected chi connectivity index (χ3v) is 4.86. The Labute approximate surface area is 143 Å². The lowest BCUT2D eigenvalue weighted by atomic mass is 10.1. The molecular weight excluding hydrogens is 324 g/mol. The molecule has 0 bridgehead atoms. The molecule has 2 aromatic rings. The van der Waals surface area contributed by atoms with E-state index in [0.29, 0.717) is 11.3 Å². The van der Waals surface area contributed by atoms with Gasteiger partial charge in [0.15, 0.2) is 0 Å². The number of aryl methyl sites for hydroxylation is 1. The van der Waals surface area contributed by atoms with Gasteiger partial charge in [-0.15, -0.1) is 0 Å². The first-order valence-electron chi connectivity index (χ1n) is 7.81. The van der Waals surface area contributed by atoms with Crippen LogP contribution in [-0.2, 0) is 16.4 Å². The van der Waals surface area contributed by atoms with E-state index in [1.165, 1.54) is 10.6 Å². The molecule has 1 N–H and O–H groups in total. The van der Waals surface area contributed by atoms with Gasteiger partial charge in [0.05, 0.1) is 18.5 Å². The van der Waals surface area contributed by atoms with Crippen LogP contribution in [0.25, 0.3) is 0 Å². The Kier molecular flexibility index (Phi) is 5.98. The van der Waals surface area contributed by atoms with Crippen LogP contribution in [0.4, 0.5) is 5.69 Å². The van der Waals surface area contributed by atoms with Crippen LogP contribution < -0.4 is 9.62 Å². The topological polar surface area (TPSA) is 66.5 Å². The molecule has 6 heteroatoms. The third-order valence-electron chi connectivity index (χ3n) is 3.67. The Morgan fingerprint density at radius 1 is 1.04 bits per heavy atom. The van der Waals surface area contributed by atoms with Gasteiger partial charge >= 0.3 is 0 Å². The standard InChI is InChI=1S/C18H22N2O3S/c1-3-15-9-11-17(12-10-15)20(24(2,22)23)14-13-19-18(21)16-7-5-4-6-8-16/h4-12H,3,13-14H2,1-2H3,(H,19,21). The zero-order chi connectivity index (χ0) is 17.6. The second-order valence-corrected chi connectivity index (χ2v) is 7.38. The fourth-order valence-corrected chi connectivity index (χ4v) is 3.27. The number of carbonyl (C=O) groups is 1. The van der Waals surface area contributed by atoms with Gasteiger partial charge < -0.3 is 5.32 Å². The summed E-state index contributed by atoms with van der Waals surface area (Å²) in [5.74, 6) is -0.217. The van der Waals surface area contributed by atoms with Gasteiger partial charge in [-0.25, -0.2) is 8.42 Å². The fourth-order valence-electron chi connectivity index (χ4n) is 2.35. The number of hydrogen-bond donors (Lipinski definition) is 1. The number of carbonyl (C=O) groups excluding carboxylic acids is 1. The lowest BCUT2D eigenvalue weighted by molar-refractivity contribution is 0.0955. The number of nitrogens with zero attached hydrogens (tertiary/aromatic N) is 1. The molecule has 0 heterocycles. The van der Waals surface area contributed by atoms with Gasteiger partial charge in [-0.1, -0.05) is 37.3 Å². The normalized spacial score (nSPS) is 11.1. The number of nitrogens with one attached hydrogen (secondary N) is 1. The highest BCUT2D eigenvalue weighted by atomic mass is 32.2. The van der Waals surface area contributed by atoms with Crippen LogP contribution in [0.2, 0.25) is 0 Å². The molecule has 0 spiro atoms. The van der Waals surface area contributed by atoms with Gasteiger partial charge in [0, 0.05) is 12.1 Å². The predicted octanol–water partition coefficient (Wildman–Crippen LogP) is 2.45. The molecule has 24 heavy (non-hydrogen) atoms. The second kappa shape index (κ2) is 7.97. The van der Waals surface area contributed by atoms with Gasteiger partial charge in [-0.05, 0) is 36.2 Å². The van der Waals surface area contributed by atoms with E-state index in [9.17, 15) is 13.2 Å². The summed E-state index contributed by atoms with van der Waals surface area (Å²) in [5.41, 5.74) is 2.30. The molecule has 2 rings (SSSR count). The molecule has 0 atom stereocenters. The van der Waals surface area contributed by atoms with E-state index >= 15 is 0 Å². The van der Waals surface area contributed by atoms with Crippen molar-refractivity contribution < 1.29 is 13.2 Å². The summed E-state index contributed by atoms with van der Waals surface area (Å²) in [7, 11) is -3.42. The van der Waals surface area contributed by atoms with Gasteiger partial charge in [0.2, 0.25) is 10.0 Å². The molecule has 0 aliphatic carbocycles. The van der Waals surface area contributed by atoms with Crippen molar-refractivity contribution in [2.45, 2.75) is 13.3 Å². The van der Waals surface area contributed by atoms with Gasteiger partial charge in [0.25, 0.3) is 5.91 Å². The van der Waals surface area contributed by atoms with Crippen LogP contribution in [0.3, 0.4) is 0 Å². The Hall–Kier alpha value is -2.34. The predicted molar refractivity (Wildman–Crippen MR) is 96.8 cm³/mol. The number of hydrogen-bond acceptors (Lipinski definition) is 3. The lowest BCUT2D eigenvalue weighted by Gasteiger charge is -2.22. The van der Waals surface area contributed by atoms with Crippen molar-refractivity contribution in [2.24, 2.45) is 0 Å². The van der Waals surface area contributed by atoms with Gasteiger partial charge in [-0.3, -0.25) is 9.10 Å². The van der Waals surface area contributed by atoms with E-state index in [1.54, 1.807) is 36.4 Å². The zero-order valence-corrected chi connectivity index (χ0v) is 14.7. The average Bonchev–Trinajstić information content (AvgIpc) is 2.58. The van der Waals surface area contributed by atoms with Crippen molar-refractivity contribution in [3.8, 4) is 0 Å². The third kappa shape index (κ3) is 4.83. The molecule has 0 radical (unpaired) electrons. The SMILES string of the molecule is CCc1ccc(N(CCNC(=O)c2ccccc2)S(C)(=O)=O)cc1. The molecule has 0 fully saturated rings. The Bertz CT molecular complexity index is 772. The minimum Gasteiger partial charge on any atom is -0.350 e. The largest absolute Gasteiger partial charge is 0.350 e. The van der Waals surface area contributed by atoms with Gasteiger partial charge in [0.1, 0.15) is 0 Å². The fraction of sp³-hybridized carbons (Fsp3) is 0.278. The second-order valence-electron chi connectivity index (χ2n) is 5.48. The van der Waals surface area contributed by atoms with E-state index in [2.05, 4.69) is 5.32 Å². The maximum atomic E-state index is 12.0. The number of benzene rings is 2. The molecular formula is C18H22N2O3S. The molecule has 0 saturated heterocycles. The van der Waals surface area contributed by atoms with Crippen LogP contribution >= 0.6 is 0 Å². The van der Waals surface area contributed by atoms with Crippen molar-refractivity contribution in [1.82, 2.24) is 5.32 Å². The van der Waals surface area contributed by atoms with Crippen LogP contribution in [0.5, 0.6) is 0 Å². The minimum absolute atomic E-state index is 0.183. The first kappa shape index (κ1) is 18.0. The number of anilines is 1. The van der Waals surface area contributed by atoms with Crippen molar-refractivity contribution in [3.63, 3.8) is 0 Å². The molecule has 128 valence electrons. The maximum absolute atomic E-state index is 12.0. The molecule has 0 aliphatic rings. The van der Waals surface area contributed by atoms with Crippen LogP contribution in [0, 0.1) is 0 Å². The van der Waals surface area contributed by atoms with Crippen molar-refractivity contribution >= 4 is 21.6 Å². The molecule has 0 saturated carbocycles. The average molecular weight is 346 g/mol. The summed E-state index contributed by atoms with van der Waals surface area (Å²) in [6.45, 7) is 2.46. The summed E-state index contributed by atoms with van der Waals surface area (Å²) in [4.78, 5) is 12.0. The van der Waals surface area contributed by atoms with E-state index < -0.39 is 10.0 Å². The van der Waals surface area contributed by atoms with Gasteiger partial charge in [-0.2, -0.15) is 0 Å². The maximum Gasteiger partial charge on any atom is 0.251 e. The van der Waals surface area contributed by atoms with E-state index in [1.807, 2.05) is 25.1 Å². The molecule has 1 amide bonds. The van der Waals surface area contributed by atoms with E-state index in [-0.39, 0.29) is 19.0 Å². The van der Waals surface area contributed by atoms with Crippen molar-refractivity contribution in [2.75, 3.05) is 23.7 Å². The smallest absolute Gasteiger partial charge is 0.251 e. The first-order chi connectivity index (χ1) is 11.4. The summed E-state index contributed by atoms with van der Waals surface area (Å²) in [6, 6.07) is 16.2. The summed E-state index contributed by atoms with van der Waals surface area (Å²) in [5, 5.41) is 2.75. The number of amides is 1. The Morgan fingerprint density at radius 2 is 1.67 bits per heavy atom. The summed E-state index contributed by atoms with van der Waals surface area (Å²) in [6.07, 6.45) is 2.06. The van der Waals surface area contributed by atoms with Crippen molar-refractivity contribution in [1.29, 1.82) is 0 Å². The van der Waals surface area contributed by atoms with E-state index in [0.717, 1.165) is 12.0 Å². The molecule has 5 nitrogen and oxygen atoms in total. The monoisotopic (exact) mass is 346 g/mol. The lowest BCUT2D eigenvalue weighted by Crippen LogP contribution is -2.38. The van der Waals surface area contributed by atoms with Crippen LogP contribution in [0.1, 0.15) is 22.8 Å². The zero-order valence-electron chi connectivity index (χ0n) is 13.9. The highest BCUT2D eigenvalue weighted by Crippen LogP contribution is 2.18. The summed E-state index contributed by atoms with van der Waals surface area (Å²) >= 11 is 0. The molecule has 2 aromatic carbocycles. The van der Waals surface area contributed by atoms with E-state index in [4.69, 9.17) is 0 Å². The summed E-state index contributed by atoms with van der Waals surface area (Å²) < 4.78 is 25.4. The van der Waals surface area contributed by atoms with Crippen LogP contribution in [-0.4, -0.2) is 33.7 Å². The Morgan fingerprint density at radius 3 is 2.21 bits per heavy atom. The Balaban J connectivity index is 2.03. The number of rotatable bonds is 7. The highest BCUT2D eigenvalue weighted by molar-refractivity contribution is 7.92. The quantitative estimate of drug-likeness (QED) is 0.837. The number of sulfonamides is 1. The molecule has 0 aromatic heterocycles. The highest BCUT2D eigenvalue weighted by Gasteiger charge is 2.17. The van der Waals surface area contributed by atoms with Crippen molar-refractivity contribution in [3.05, 3.63) is 65.7 Å². The van der Waals surface area contributed by atoms with Crippen LogP contribution in [0.15, 0.2) is 54.6 Å². The minimum atomic E-state index is -3.42. The molecule has 0 aliphatic heterocycles. The molecule has 0 unspecified atom stereocenters. The first-order valence-corrected chi connectivity index (χ1v) is 9.66.